The Balaban J connectivity index is 1.66. The smallest absolute Gasteiger partial charge is 0.318 e. The number of hydrogen-bond donors (Lipinski definition) is 2. The Kier molecular flexibility index (Phi) is 6.66. The van der Waals surface area contributed by atoms with E-state index in [4.69, 9.17) is 5.73 Å². The van der Waals surface area contributed by atoms with Crippen molar-refractivity contribution < 1.29 is 9.59 Å². The fraction of sp³-hybridized carbons (Fsp3) is 0.364. The van der Waals surface area contributed by atoms with Crippen molar-refractivity contribution in [1.82, 2.24) is 15.1 Å². The van der Waals surface area contributed by atoms with Crippen LogP contribution in [0, 0.1) is 6.92 Å². The summed E-state index contributed by atoms with van der Waals surface area (Å²) in [7, 11) is 0. The molecule has 3 rings (SSSR count). The number of hydrogen-bond acceptors (Lipinski definition) is 3. The molecule has 1 fully saturated rings. The van der Waals surface area contributed by atoms with Crippen LogP contribution in [-0.4, -0.2) is 54.5 Å². The molecule has 0 radical (unpaired) electrons. The standard InChI is InChI=1S/C22H28N4O2/c1-17-6-5-9-19(16-17)21(18-7-3-2-4-8-18)24-22(28)26-14-12-25(13-15-26)11-10-20(23)27/h2-9,16,21H,10-15H2,1H3,(H2,23,27)(H,24,28). The Morgan fingerprint density at radius 1 is 1.00 bits per heavy atom. The normalized spacial score (nSPS) is 15.8. The van der Waals surface area contributed by atoms with Gasteiger partial charge in [-0.15, -0.1) is 0 Å². The summed E-state index contributed by atoms with van der Waals surface area (Å²) >= 11 is 0. The van der Waals surface area contributed by atoms with E-state index in [0.29, 0.717) is 26.1 Å². The van der Waals surface area contributed by atoms with Gasteiger partial charge in [-0.25, -0.2) is 4.79 Å². The van der Waals surface area contributed by atoms with Crippen LogP contribution < -0.4 is 11.1 Å². The van der Waals surface area contributed by atoms with E-state index in [1.807, 2.05) is 47.4 Å². The summed E-state index contributed by atoms with van der Waals surface area (Å²) < 4.78 is 0. The molecule has 3 amide bonds. The van der Waals surface area contributed by atoms with E-state index in [1.165, 1.54) is 0 Å². The second kappa shape index (κ2) is 9.37. The third-order valence-electron chi connectivity index (χ3n) is 5.11. The second-order valence-corrected chi connectivity index (χ2v) is 7.25. The molecule has 1 unspecified atom stereocenters. The number of carbonyl (C=O) groups is 2. The maximum Gasteiger partial charge on any atom is 0.318 e. The molecule has 3 N–H and O–H groups in total. The topological polar surface area (TPSA) is 78.7 Å². The van der Waals surface area contributed by atoms with E-state index in [2.05, 4.69) is 29.3 Å². The highest BCUT2D eigenvalue weighted by atomic mass is 16.2. The first-order valence-electron chi connectivity index (χ1n) is 9.70. The van der Waals surface area contributed by atoms with Gasteiger partial charge in [-0.3, -0.25) is 9.69 Å². The lowest BCUT2D eigenvalue weighted by Crippen LogP contribution is -2.52. The summed E-state index contributed by atoms with van der Waals surface area (Å²) in [6, 6.07) is 18.0. The molecule has 28 heavy (non-hydrogen) atoms. The number of benzene rings is 2. The molecule has 2 aromatic carbocycles. The van der Waals surface area contributed by atoms with Crippen LogP contribution in [0.4, 0.5) is 4.79 Å². The first kappa shape index (κ1) is 19.9. The summed E-state index contributed by atoms with van der Waals surface area (Å²) in [5.41, 5.74) is 8.51. The molecule has 0 aliphatic carbocycles. The Morgan fingerprint density at radius 3 is 2.32 bits per heavy atom. The minimum atomic E-state index is -0.288. The molecule has 0 bridgehead atoms. The number of piperazine rings is 1. The van der Waals surface area contributed by atoms with Crippen molar-refractivity contribution in [2.24, 2.45) is 5.73 Å². The molecule has 0 saturated carbocycles. The molecule has 1 atom stereocenters. The van der Waals surface area contributed by atoms with Crippen molar-refractivity contribution in [1.29, 1.82) is 0 Å². The van der Waals surface area contributed by atoms with Crippen LogP contribution in [0.15, 0.2) is 54.6 Å². The Morgan fingerprint density at radius 2 is 1.68 bits per heavy atom. The molecule has 1 aliphatic rings. The van der Waals surface area contributed by atoms with Gasteiger partial charge in [-0.1, -0.05) is 60.2 Å². The van der Waals surface area contributed by atoms with E-state index in [0.717, 1.165) is 29.8 Å². The van der Waals surface area contributed by atoms with Gasteiger partial charge < -0.3 is 16.0 Å². The SMILES string of the molecule is Cc1cccc(C(NC(=O)N2CCN(CCC(N)=O)CC2)c2ccccc2)c1. The maximum absolute atomic E-state index is 12.9. The third-order valence-corrected chi connectivity index (χ3v) is 5.11. The Hall–Kier alpha value is -2.86. The minimum Gasteiger partial charge on any atom is -0.370 e. The molecule has 2 aromatic rings. The number of rotatable bonds is 6. The molecule has 148 valence electrons. The largest absolute Gasteiger partial charge is 0.370 e. The average molecular weight is 380 g/mol. The summed E-state index contributed by atoms with van der Waals surface area (Å²) in [4.78, 5) is 27.9. The van der Waals surface area contributed by atoms with Crippen molar-refractivity contribution in [2.75, 3.05) is 32.7 Å². The van der Waals surface area contributed by atoms with Crippen LogP contribution in [0.5, 0.6) is 0 Å². The van der Waals surface area contributed by atoms with Gasteiger partial charge in [-0.05, 0) is 18.1 Å². The number of primary amides is 1. The van der Waals surface area contributed by atoms with Crippen molar-refractivity contribution in [3.8, 4) is 0 Å². The lowest BCUT2D eigenvalue weighted by Gasteiger charge is -2.35. The van der Waals surface area contributed by atoms with Crippen molar-refractivity contribution >= 4 is 11.9 Å². The van der Waals surface area contributed by atoms with E-state index in [9.17, 15) is 9.59 Å². The molecule has 1 heterocycles. The van der Waals surface area contributed by atoms with Crippen molar-refractivity contribution in [3.63, 3.8) is 0 Å². The minimum absolute atomic E-state index is 0.0649. The van der Waals surface area contributed by atoms with Gasteiger partial charge in [0.1, 0.15) is 0 Å². The monoisotopic (exact) mass is 380 g/mol. The van der Waals surface area contributed by atoms with E-state index < -0.39 is 0 Å². The number of nitrogens with zero attached hydrogens (tertiary/aromatic N) is 2. The highest BCUT2D eigenvalue weighted by Gasteiger charge is 2.24. The van der Waals surface area contributed by atoms with Crippen LogP contribution >= 0.6 is 0 Å². The van der Waals surface area contributed by atoms with E-state index in [1.54, 1.807) is 0 Å². The Labute approximate surface area is 166 Å². The predicted octanol–water partition coefficient (Wildman–Crippen LogP) is 2.29. The number of aryl methyl sites for hydroxylation is 1. The molecule has 1 saturated heterocycles. The molecule has 6 heteroatoms. The molecule has 0 spiro atoms. The molecular weight excluding hydrogens is 352 g/mol. The lowest BCUT2D eigenvalue weighted by atomic mass is 9.97. The average Bonchev–Trinajstić information content (AvgIpc) is 2.71. The number of nitrogens with two attached hydrogens (primary N) is 1. The van der Waals surface area contributed by atoms with Gasteiger partial charge in [-0.2, -0.15) is 0 Å². The zero-order valence-electron chi connectivity index (χ0n) is 16.3. The molecule has 6 nitrogen and oxygen atoms in total. The fourth-order valence-electron chi connectivity index (χ4n) is 3.51. The van der Waals surface area contributed by atoms with Gasteiger partial charge in [0.25, 0.3) is 0 Å². The van der Waals surface area contributed by atoms with Gasteiger partial charge in [0, 0.05) is 39.1 Å². The molecule has 1 aliphatic heterocycles. The first-order valence-corrected chi connectivity index (χ1v) is 9.70. The summed E-state index contributed by atoms with van der Waals surface area (Å²) in [6.07, 6.45) is 0.357. The number of carbonyl (C=O) groups excluding carboxylic acids is 2. The zero-order valence-corrected chi connectivity index (χ0v) is 16.3. The maximum atomic E-state index is 12.9. The van der Waals surface area contributed by atoms with Crippen LogP contribution in [0.3, 0.4) is 0 Å². The van der Waals surface area contributed by atoms with Crippen LogP contribution in [-0.2, 0) is 4.79 Å². The number of amides is 3. The highest BCUT2D eigenvalue weighted by Crippen LogP contribution is 2.23. The summed E-state index contributed by atoms with van der Waals surface area (Å²) in [6.45, 7) is 5.49. The fourth-order valence-corrected chi connectivity index (χ4v) is 3.51. The van der Waals surface area contributed by atoms with Crippen molar-refractivity contribution in [2.45, 2.75) is 19.4 Å². The molecular formula is C22H28N4O2. The first-order chi connectivity index (χ1) is 13.5. The molecule has 0 aromatic heterocycles. The summed E-state index contributed by atoms with van der Waals surface area (Å²) in [5.74, 6) is -0.288. The van der Waals surface area contributed by atoms with Crippen LogP contribution in [0.1, 0.15) is 29.2 Å². The van der Waals surface area contributed by atoms with Gasteiger partial charge in [0.2, 0.25) is 5.91 Å². The zero-order chi connectivity index (χ0) is 19.9. The third kappa shape index (κ3) is 5.33. The number of urea groups is 1. The Bertz CT molecular complexity index is 801. The predicted molar refractivity (Wildman–Crippen MR) is 110 cm³/mol. The number of nitrogens with one attached hydrogen (secondary N) is 1. The lowest BCUT2D eigenvalue weighted by molar-refractivity contribution is -0.118. The van der Waals surface area contributed by atoms with Crippen LogP contribution in [0.2, 0.25) is 0 Å². The quantitative estimate of drug-likeness (QED) is 0.807. The van der Waals surface area contributed by atoms with E-state index in [-0.39, 0.29) is 18.0 Å². The van der Waals surface area contributed by atoms with Gasteiger partial charge in [0.05, 0.1) is 6.04 Å². The van der Waals surface area contributed by atoms with E-state index >= 15 is 0 Å². The van der Waals surface area contributed by atoms with Gasteiger partial charge in [0.15, 0.2) is 0 Å². The second-order valence-electron chi connectivity index (χ2n) is 7.25. The van der Waals surface area contributed by atoms with Crippen molar-refractivity contribution in [3.05, 3.63) is 71.3 Å². The van der Waals surface area contributed by atoms with Gasteiger partial charge >= 0.3 is 6.03 Å². The summed E-state index contributed by atoms with van der Waals surface area (Å²) in [5, 5.41) is 3.21. The highest BCUT2D eigenvalue weighted by molar-refractivity contribution is 5.75. The van der Waals surface area contributed by atoms with Crippen LogP contribution in [0.25, 0.3) is 0 Å².